The van der Waals surface area contributed by atoms with Gasteiger partial charge < -0.3 is 10.0 Å². The van der Waals surface area contributed by atoms with Crippen molar-refractivity contribution in [2.45, 2.75) is 37.0 Å². The SMILES string of the molecule is CN(C)CCCC12CCC(c3ccccc31)c1ccc(O)cc12. The van der Waals surface area contributed by atoms with Gasteiger partial charge in [-0.25, -0.2) is 0 Å². The molecule has 0 saturated heterocycles. The largest absolute Gasteiger partial charge is 0.508 e. The molecule has 5 rings (SSSR count). The van der Waals surface area contributed by atoms with Gasteiger partial charge in [0, 0.05) is 11.3 Å². The number of hydrogen-bond donors (Lipinski definition) is 1. The normalized spacial score (nSPS) is 24.6. The molecule has 3 aliphatic rings. The van der Waals surface area contributed by atoms with Gasteiger partial charge in [0.25, 0.3) is 0 Å². The Bertz CT molecular complexity index is 736. The van der Waals surface area contributed by atoms with Crippen molar-refractivity contribution in [3.8, 4) is 5.75 Å². The van der Waals surface area contributed by atoms with Gasteiger partial charge in [0.1, 0.15) is 5.75 Å². The first-order valence-corrected chi connectivity index (χ1v) is 8.69. The fourth-order valence-electron chi connectivity index (χ4n) is 4.87. The van der Waals surface area contributed by atoms with Gasteiger partial charge >= 0.3 is 0 Å². The second-order valence-corrected chi connectivity index (χ2v) is 7.44. The molecular formula is C21H25NO. The minimum Gasteiger partial charge on any atom is -0.508 e. The molecule has 2 atom stereocenters. The van der Waals surface area contributed by atoms with E-state index in [4.69, 9.17) is 0 Å². The average molecular weight is 307 g/mol. The molecular weight excluding hydrogens is 282 g/mol. The van der Waals surface area contributed by atoms with E-state index in [9.17, 15) is 5.11 Å². The number of fused-ring (bicyclic) bond motifs is 1. The summed E-state index contributed by atoms with van der Waals surface area (Å²) in [7, 11) is 4.28. The van der Waals surface area contributed by atoms with Crippen molar-refractivity contribution in [2.24, 2.45) is 0 Å². The topological polar surface area (TPSA) is 23.5 Å². The molecule has 120 valence electrons. The number of nitrogens with zero attached hydrogens (tertiary/aromatic N) is 1. The highest BCUT2D eigenvalue weighted by molar-refractivity contribution is 5.60. The van der Waals surface area contributed by atoms with Gasteiger partial charge in [0.2, 0.25) is 0 Å². The molecule has 0 heterocycles. The summed E-state index contributed by atoms with van der Waals surface area (Å²) in [5.74, 6) is 0.915. The number of aromatic hydroxyl groups is 1. The van der Waals surface area contributed by atoms with Gasteiger partial charge in [-0.2, -0.15) is 0 Å². The van der Waals surface area contributed by atoms with Crippen molar-refractivity contribution < 1.29 is 5.11 Å². The molecule has 2 unspecified atom stereocenters. The monoisotopic (exact) mass is 307 g/mol. The zero-order chi connectivity index (χ0) is 16.0. The van der Waals surface area contributed by atoms with Gasteiger partial charge in [-0.15, -0.1) is 0 Å². The third kappa shape index (κ3) is 2.20. The van der Waals surface area contributed by atoms with Crippen LogP contribution in [0.5, 0.6) is 5.75 Å². The Balaban J connectivity index is 1.85. The van der Waals surface area contributed by atoms with Crippen molar-refractivity contribution in [1.82, 2.24) is 4.90 Å². The minimum absolute atomic E-state index is 0.0927. The fourth-order valence-corrected chi connectivity index (χ4v) is 4.87. The molecule has 0 fully saturated rings. The van der Waals surface area contributed by atoms with Gasteiger partial charge in [-0.1, -0.05) is 30.3 Å². The van der Waals surface area contributed by atoms with E-state index in [-0.39, 0.29) is 5.41 Å². The Hall–Kier alpha value is -1.80. The van der Waals surface area contributed by atoms with E-state index in [1.807, 2.05) is 12.1 Å². The lowest BCUT2D eigenvalue weighted by Gasteiger charge is -2.50. The lowest BCUT2D eigenvalue weighted by molar-refractivity contribution is 0.312. The molecule has 0 amide bonds. The van der Waals surface area contributed by atoms with Crippen LogP contribution < -0.4 is 0 Å². The maximum Gasteiger partial charge on any atom is 0.115 e. The van der Waals surface area contributed by atoms with E-state index >= 15 is 0 Å². The van der Waals surface area contributed by atoms with Crippen LogP contribution in [-0.2, 0) is 5.41 Å². The first-order chi connectivity index (χ1) is 11.1. The summed E-state index contributed by atoms with van der Waals surface area (Å²) in [6.45, 7) is 1.11. The van der Waals surface area contributed by atoms with Crippen LogP contribution >= 0.6 is 0 Å². The summed E-state index contributed by atoms with van der Waals surface area (Å²) in [6.07, 6.45) is 4.78. The molecule has 1 N–H and O–H groups in total. The molecule has 0 aromatic heterocycles. The molecule has 2 bridgehead atoms. The first kappa shape index (κ1) is 14.8. The Labute approximate surface area is 138 Å². The third-order valence-corrected chi connectivity index (χ3v) is 5.85. The summed E-state index contributed by atoms with van der Waals surface area (Å²) in [6, 6.07) is 15.0. The number of phenols is 1. The van der Waals surface area contributed by atoms with Crippen molar-refractivity contribution in [3.63, 3.8) is 0 Å². The van der Waals surface area contributed by atoms with Crippen LogP contribution in [0.15, 0.2) is 42.5 Å². The highest BCUT2D eigenvalue weighted by atomic mass is 16.3. The molecule has 0 spiro atoms. The predicted molar refractivity (Wildman–Crippen MR) is 94.2 cm³/mol. The van der Waals surface area contributed by atoms with Crippen LogP contribution in [0.3, 0.4) is 0 Å². The van der Waals surface area contributed by atoms with Crippen LogP contribution in [0.4, 0.5) is 0 Å². The molecule has 2 aromatic rings. The van der Waals surface area contributed by atoms with E-state index in [2.05, 4.69) is 49.3 Å². The van der Waals surface area contributed by atoms with Crippen molar-refractivity contribution in [2.75, 3.05) is 20.6 Å². The summed E-state index contributed by atoms with van der Waals surface area (Å²) in [5.41, 5.74) is 5.94. The highest BCUT2D eigenvalue weighted by Gasteiger charge is 2.47. The van der Waals surface area contributed by atoms with Crippen LogP contribution in [0.2, 0.25) is 0 Å². The summed E-state index contributed by atoms with van der Waals surface area (Å²) in [4.78, 5) is 2.26. The van der Waals surface area contributed by atoms with E-state index in [0.29, 0.717) is 11.7 Å². The second-order valence-electron chi connectivity index (χ2n) is 7.44. The minimum atomic E-state index is 0.0927. The van der Waals surface area contributed by atoms with Crippen molar-refractivity contribution in [1.29, 1.82) is 0 Å². The molecule has 2 nitrogen and oxygen atoms in total. The highest BCUT2D eigenvalue weighted by Crippen LogP contribution is 2.58. The zero-order valence-electron chi connectivity index (χ0n) is 14.0. The predicted octanol–water partition coefficient (Wildman–Crippen LogP) is 4.26. The van der Waals surface area contributed by atoms with E-state index in [1.54, 1.807) is 0 Å². The quantitative estimate of drug-likeness (QED) is 0.912. The van der Waals surface area contributed by atoms with E-state index in [0.717, 1.165) is 13.0 Å². The molecule has 23 heavy (non-hydrogen) atoms. The second kappa shape index (κ2) is 5.38. The Morgan fingerprint density at radius 2 is 1.87 bits per heavy atom. The van der Waals surface area contributed by atoms with Crippen LogP contribution in [0, 0.1) is 0 Å². The maximum absolute atomic E-state index is 10.1. The Morgan fingerprint density at radius 3 is 2.70 bits per heavy atom. The number of benzene rings is 2. The van der Waals surface area contributed by atoms with Crippen LogP contribution in [-0.4, -0.2) is 30.6 Å². The first-order valence-electron chi connectivity index (χ1n) is 8.69. The molecule has 2 aromatic carbocycles. The molecule has 0 radical (unpaired) electrons. The van der Waals surface area contributed by atoms with Crippen molar-refractivity contribution in [3.05, 3.63) is 64.7 Å². The van der Waals surface area contributed by atoms with Gasteiger partial charge in [0.15, 0.2) is 0 Å². The zero-order valence-corrected chi connectivity index (χ0v) is 14.0. The third-order valence-electron chi connectivity index (χ3n) is 5.85. The standard InChI is InChI=1S/C21H25NO/c1-22(2)13-5-11-21-12-10-16(17-6-3-4-7-19(17)21)18-9-8-15(23)14-20(18)21/h3-4,6-9,14,16,23H,5,10-13H2,1-2H3. The fraction of sp³-hybridized carbons (Fsp3) is 0.429. The maximum atomic E-state index is 10.1. The molecule has 2 heteroatoms. The van der Waals surface area contributed by atoms with E-state index in [1.165, 1.54) is 41.5 Å². The number of hydrogen-bond acceptors (Lipinski definition) is 2. The molecule has 3 aliphatic carbocycles. The van der Waals surface area contributed by atoms with Crippen LogP contribution in [0.1, 0.15) is 53.9 Å². The summed E-state index contributed by atoms with van der Waals surface area (Å²) in [5, 5.41) is 10.1. The number of rotatable bonds is 4. The van der Waals surface area contributed by atoms with E-state index < -0.39 is 0 Å². The average Bonchev–Trinajstić information content (AvgIpc) is 2.55. The lowest BCUT2D eigenvalue weighted by Crippen LogP contribution is -2.40. The van der Waals surface area contributed by atoms with Gasteiger partial charge in [0.05, 0.1) is 0 Å². The Kier molecular flexibility index (Phi) is 3.46. The Morgan fingerprint density at radius 1 is 1.09 bits per heavy atom. The summed E-state index contributed by atoms with van der Waals surface area (Å²) >= 11 is 0. The number of phenolic OH excluding ortho intramolecular Hbond substituents is 1. The molecule has 0 saturated carbocycles. The van der Waals surface area contributed by atoms with Gasteiger partial charge in [-0.3, -0.25) is 0 Å². The van der Waals surface area contributed by atoms with Crippen molar-refractivity contribution >= 4 is 0 Å². The lowest BCUT2D eigenvalue weighted by atomic mass is 9.54. The molecule has 0 aliphatic heterocycles. The smallest absolute Gasteiger partial charge is 0.115 e. The summed E-state index contributed by atoms with van der Waals surface area (Å²) < 4.78 is 0. The van der Waals surface area contributed by atoms with Crippen LogP contribution in [0.25, 0.3) is 0 Å². The van der Waals surface area contributed by atoms with Gasteiger partial charge in [-0.05, 0) is 80.7 Å².